The first-order chi connectivity index (χ1) is 9.79. The zero-order valence-electron chi connectivity index (χ0n) is 11.9. The Hall–Kier alpha value is -2.09. The summed E-state index contributed by atoms with van der Waals surface area (Å²) >= 11 is 0. The molecule has 0 aliphatic carbocycles. The van der Waals surface area contributed by atoms with E-state index in [1.54, 1.807) is 4.90 Å². The number of rotatable bonds is 7. The molecule has 0 atom stereocenters. The highest BCUT2D eigenvalue weighted by Crippen LogP contribution is 2.13. The van der Waals surface area contributed by atoms with Crippen LogP contribution >= 0.6 is 0 Å². The molecular formula is C13H18N2O5S. The standard InChI is InChI=1S/C13H18N2O5S/c1-3-15(4-2)13(18)10-5-7-11(8-6-10)14-21(19,20)9-12(16)17/h5-8,14H,3-4,9H2,1-2H3,(H,16,17). The summed E-state index contributed by atoms with van der Waals surface area (Å²) in [4.78, 5) is 24.1. The Morgan fingerprint density at radius 2 is 1.67 bits per heavy atom. The van der Waals surface area contributed by atoms with Gasteiger partial charge in [-0.2, -0.15) is 0 Å². The second-order valence-electron chi connectivity index (χ2n) is 4.31. The zero-order chi connectivity index (χ0) is 16.0. The molecule has 1 rings (SSSR count). The van der Waals surface area contributed by atoms with E-state index in [0.717, 1.165) is 0 Å². The Morgan fingerprint density at radius 3 is 2.10 bits per heavy atom. The van der Waals surface area contributed by atoms with Gasteiger partial charge >= 0.3 is 5.97 Å². The quantitative estimate of drug-likeness (QED) is 0.781. The lowest BCUT2D eigenvalue weighted by molar-refractivity contribution is -0.134. The smallest absolute Gasteiger partial charge is 0.320 e. The molecule has 0 saturated carbocycles. The number of hydrogen-bond acceptors (Lipinski definition) is 4. The predicted octanol–water partition coefficient (Wildman–Crippen LogP) is 0.995. The number of carboxylic acid groups (broad SMARTS) is 1. The van der Waals surface area contributed by atoms with Crippen LogP contribution in [-0.2, 0) is 14.8 Å². The molecule has 0 aliphatic rings. The third-order valence-corrected chi connectivity index (χ3v) is 3.94. The molecule has 0 bridgehead atoms. The van der Waals surface area contributed by atoms with Crippen LogP contribution in [0.2, 0.25) is 0 Å². The highest BCUT2D eigenvalue weighted by atomic mass is 32.2. The zero-order valence-corrected chi connectivity index (χ0v) is 12.7. The van der Waals surface area contributed by atoms with Crippen LogP contribution in [0.4, 0.5) is 5.69 Å². The molecule has 0 fully saturated rings. The average molecular weight is 314 g/mol. The minimum atomic E-state index is -3.94. The molecule has 8 heteroatoms. The van der Waals surface area contributed by atoms with Gasteiger partial charge in [0.15, 0.2) is 5.75 Å². The number of anilines is 1. The maximum Gasteiger partial charge on any atom is 0.320 e. The van der Waals surface area contributed by atoms with E-state index in [4.69, 9.17) is 5.11 Å². The maximum atomic E-state index is 12.1. The minimum absolute atomic E-state index is 0.139. The van der Waals surface area contributed by atoms with E-state index in [1.807, 2.05) is 13.8 Å². The first-order valence-corrected chi connectivity index (χ1v) is 8.06. The summed E-state index contributed by atoms with van der Waals surface area (Å²) in [6, 6.07) is 5.85. The summed E-state index contributed by atoms with van der Waals surface area (Å²) in [5, 5.41) is 8.49. The number of carbonyl (C=O) groups is 2. The number of nitrogens with one attached hydrogen (secondary N) is 1. The van der Waals surface area contributed by atoms with Crippen molar-refractivity contribution in [1.82, 2.24) is 4.90 Å². The lowest BCUT2D eigenvalue weighted by Crippen LogP contribution is -2.30. The fourth-order valence-electron chi connectivity index (χ4n) is 1.75. The number of sulfonamides is 1. The molecule has 0 aromatic heterocycles. The van der Waals surface area contributed by atoms with E-state index in [1.165, 1.54) is 24.3 Å². The molecular weight excluding hydrogens is 296 g/mol. The molecule has 0 radical (unpaired) electrons. The Labute approximate surface area is 123 Å². The summed E-state index contributed by atoms with van der Waals surface area (Å²) in [7, 11) is -3.94. The van der Waals surface area contributed by atoms with E-state index in [2.05, 4.69) is 4.72 Å². The van der Waals surface area contributed by atoms with Crippen LogP contribution < -0.4 is 4.72 Å². The van der Waals surface area contributed by atoms with E-state index in [9.17, 15) is 18.0 Å². The van der Waals surface area contributed by atoms with Gasteiger partial charge in [-0.05, 0) is 38.1 Å². The topological polar surface area (TPSA) is 104 Å². The summed E-state index contributed by atoms with van der Waals surface area (Å²) in [5.74, 6) is -2.58. The van der Waals surface area contributed by atoms with Crippen molar-refractivity contribution in [3.8, 4) is 0 Å². The normalized spacial score (nSPS) is 11.0. The van der Waals surface area contributed by atoms with Gasteiger partial charge in [-0.1, -0.05) is 0 Å². The van der Waals surface area contributed by atoms with Crippen molar-refractivity contribution in [1.29, 1.82) is 0 Å². The first-order valence-electron chi connectivity index (χ1n) is 6.40. The number of carboxylic acids is 1. The van der Waals surface area contributed by atoms with E-state index < -0.39 is 21.7 Å². The van der Waals surface area contributed by atoms with Crippen LogP contribution in [0.5, 0.6) is 0 Å². The van der Waals surface area contributed by atoms with Crippen molar-refractivity contribution in [2.24, 2.45) is 0 Å². The number of nitrogens with zero attached hydrogens (tertiary/aromatic N) is 1. The second kappa shape index (κ2) is 7.07. The molecule has 1 amide bonds. The minimum Gasteiger partial charge on any atom is -0.480 e. The molecule has 2 N–H and O–H groups in total. The molecule has 1 aromatic carbocycles. The first kappa shape index (κ1) is 17.0. The maximum absolute atomic E-state index is 12.1. The van der Waals surface area contributed by atoms with E-state index in [-0.39, 0.29) is 11.6 Å². The van der Waals surface area contributed by atoms with Crippen molar-refractivity contribution in [2.75, 3.05) is 23.6 Å². The molecule has 0 heterocycles. The van der Waals surface area contributed by atoms with Crippen LogP contribution in [0.1, 0.15) is 24.2 Å². The molecule has 0 aliphatic heterocycles. The van der Waals surface area contributed by atoms with Gasteiger partial charge in [0.05, 0.1) is 0 Å². The number of benzene rings is 1. The lowest BCUT2D eigenvalue weighted by atomic mass is 10.2. The molecule has 0 spiro atoms. The van der Waals surface area contributed by atoms with Gasteiger partial charge in [0.2, 0.25) is 10.0 Å². The number of amides is 1. The largest absolute Gasteiger partial charge is 0.480 e. The van der Waals surface area contributed by atoms with Gasteiger partial charge < -0.3 is 10.0 Å². The predicted molar refractivity (Wildman–Crippen MR) is 78.7 cm³/mol. The van der Waals surface area contributed by atoms with Gasteiger partial charge in [-0.3, -0.25) is 14.3 Å². The number of carbonyl (C=O) groups excluding carboxylic acids is 1. The van der Waals surface area contributed by atoms with Crippen molar-refractivity contribution in [3.63, 3.8) is 0 Å². The number of aliphatic carboxylic acids is 1. The molecule has 7 nitrogen and oxygen atoms in total. The average Bonchev–Trinajstić information content (AvgIpc) is 2.38. The van der Waals surface area contributed by atoms with Crippen molar-refractivity contribution in [2.45, 2.75) is 13.8 Å². The van der Waals surface area contributed by atoms with Gasteiger partial charge in [0, 0.05) is 24.3 Å². The second-order valence-corrected chi connectivity index (χ2v) is 6.03. The Kier molecular flexibility index (Phi) is 5.71. The highest BCUT2D eigenvalue weighted by Gasteiger charge is 2.16. The highest BCUT2D eigenvalue weighted by molar-refractivity contribution is 7.93. The SMILES string of the molecule is CCN(CC)C(=O)c1ccc(NS(=O)(=O)CC(=O)O)cc1. The van der Waals surface area contributed by atoms with Crippen LogP contribution in [0.25, 0.3) is 0 Å². The third-order valence-electron chi connectivity index (χ3n) is 2.77. The van der Waals surface area contributed by atoms with Gasteiger partial charge in [0.1, 0.15) is 0 Å². The van der Waals surface area contributed by atoms with Crippen molar-refractivity contribution < 1.29 is 23.1 Å². The Morgan fingerprint density at radius 1 is 1.14 bits per heavy atom. The summed E-state index contributed by atoms with van der Waals surface area (Å²) in [6.45, 7) is 4.91. The van der Waals surface area contributed by atoms with Gasteiger partial charge in [-0.15, -0.1) is 0 Å². The van der Waals surface area contributed by atoms with Crippen LogP contribution in [-0.4, -0.2) is 49.1 Å². The van der Waals surface area contributed by atoms with Crippen LogP contribution in [0, 0.1) is 0 Å². The lowest BCUT2D eigenvalue weighted by Gasteiger charge is -2.18. The van der Waals surface area contributed by atoms with Crippen LogP contribution in [0.15, 0.2) is 24.3 Å². The molecule has 0 unspecified atom stereocenters. The molecule has 0 saturated heterocycles. The third kappa shape index (κ3) is 5.07. The monoisotopic (exact) mass is 314 g/mol. The van der Waals surface area contributed by atoms with Crippen LogP contribution in [0.3, 0.4) is 0 Å². The fourth-order valence-corrected chi connectivity index (χ4v) is 2.64. The summed E-state index contributed by atoms with van der Waals surface area (Å²) < 4.78 is 25.1. The van der Waals surface area contributed by atoms with Gasteiger partial charge in [0.25, 0.3) is 5.91 Å². The summed E-state index contributed by atoms with van der Waals surface area (Å²) in [5.41, 5.74) is 0.659. The molecule has 21 heavy (non-hydrogen) atoms. The molecule has 1 aromatic rings. The number of hydrogen-bond donors (Lipinski definition) is 2. The summed E-state index contributed by atoms with van der Waals surface area (Å²) in [6.07, 6.45) is 0. The van der Waals surface area contributed by atoms with Crippen molar-refractivity contribution in [3.05, 3.63) is 29.8 Å². The van der Waals surface area contributed by atoms with E-state index >= 15 is 0 Å². The Balaban J connectivity index is 2.84. The Bertz CT molecular complexity index is 606. The van der Waals surface area contributed by atoms with E-state index in [0.29, 0.717) is 18.7 Å². The van der Waals surface area contributed by atoms with Gasteiger partial charge in [-0.25, -0.2) is 8.42 Å². The fraction of sp³-hybridized carbons (Fsp3) is 0.385. The van der Waals surface area contributed by atoms with Crippen molar-refractivity contribution >= 4 is 27.6 Å². The molecule has 116 valence electrons.